The van der Waals surface area contributed by atoms with Gasteiger partial charge in [-0.25, -0.2) is 9.29 Å². The van der Waals surface area contributed by atoms with Crippen molar-refractivity contribution in [3.05, 3.63) is 59.4 Å². The number of piperazine rings is 1. The second kappa shape index (κ2) is 7.29. The average Bonchev–Trinajstić information content (AvgIpc) is 2.97. The number of carbonyl (C=O) groups is 2. The molecule has 2 aliphatic rings. The van der Waals surface area contributed by atoms with Crippen LogP contribution in [-0.2, 0) is 9.59 Å². The molecule has 2 fully saturated rings. The molecule has 0 bridgehead atoms. The van der Waals surface area contributed by atoms with E-state index in [1.807, 2.05) is 29.2 Å². The van der Waals surface area contributed by atoms with Crippen molar-refractivity contribution in [1.29, 1.82) is 0 Å². The summed E-state index contributed by atoms with van der Waals surface area (Å²) in [5.41, 5.74) is 1.08. The number of nitrogens with zero attached hydrogens (tertiary/aromatic N) is 3. The lowest BCUT2D eigenvalue weighted by Gasteiger charge is -2.38. The Labute approximate surface area is 161 Å². The van der Waals surface area contributed by atoms with E-state index >= 15 is 0 Å². The van der Waals surface area contributed by atoms with Gasteiger partial charge in [-0.1, -0.05) is 29.8 Å². The number of benzene rings is 2. The molecule has 2 aromatic carbocycles. The van der Waals surface area contributed by atoms with E-state index in [0.29, 0.717) is 18.1 Å². The van der Waals surface area contributed by atoms with Crippen LogP contribution in [0.1, 0.15) is 6.42 Å². The van der Waals surface area contributed by atoms with Crippen LogP contribution in [0.25, 0.3) is 0 Å². The van der Waals surface area contributed by atoms with E-state index in [1.54, 1.807) is 6.07 Å². The summed E-state index contributed by atoms with van der Waals surface area (Å²) in [6.07, 6.45) is 0.0876. The maximum Gasteiger partial charge on any atom is 0.251 e. The van der Waals surface area contributed by atoms with Gasteiger partial charge in [-0.3, -0.25) is 14.5 Å². The summed E-state index contributed by atoms with van der Waals surface area (Å²) < 4.78 is 14.1. The highest BCUT2D eigenvalue weighted by Gasteiger charge is 2.44. The van der Waals surface area contributed by atoms with Gasteiger partial charge < -0.3 is 4.90 Å². The predicted octanol–water partition coefficient (Wildman–Crippen LogP) is 2.93. The van der Waals surface area contributed by atoms with Crippen LogP contribution in [-0.4, -0.2) is 48.9 Å². The third-order valence-electron chi connectivity index (χ3n) is 5.14. The van der Waals surface area contributed by atoms with Crippen LogP contribution in [0.5, 0.6) is 0 Å². The summed E-state index contributed by atoms with van der Waals surface area (Å²) in [5.74, 6) is -1.26. The highest BCUT2D eigenvalue weighted by molar-refractivity contribution is 6.30. The fourth-order valence-corrected chi connectivity index (χ4v) is 3.94. The molecule has 2 saturated heterocycles. The Balaban J connectivity index is 1.45. The summed E-state index contributed by atoms with van der Waals surface area (Å²) in [7, 11) is 0. The Hall–Kier alpha value is -2.44. The molecule has 27 heavy (non-hydrogen) atoms. The molecule has 0 radical (unpaired) electrons. The first-order valence-corrected chi connectivity index (χ1v) is 9.28. The maximum atomic E-state index is 14.1. The number of amides is 2. The standard InChI is InChI=1S/C20H19ClFN3O2/c21-14-4-3-5-15(12-14)23-8-10-24(11-9-23)18-13-19(26)25(20(18)27)17-7-2-1-6-16(17)22/h1-7,12,18H,8-11,13H2/t18-/m1/s1. The minimum absolute atomic E-state index is 0.0348. The lowest BCUT2D eigenvalue weighted by atomic mass is 10.1. The number of anilines is 2. The Morgan fingerprint density at radius 1 is 0.963 bits per heavy atom. The lowest BCUT2D eigenvalue weighted by molar-refractivity contribution is -0.123. The van der Waals surface area contributed by atoms with Crippen LogP contribution in [0, 0.1) is 5.82 Å². The zero-order chi connectivity index (χ0) is 19.0. The van der Waals surface area contributed by atoms with Crippen molar-refractivity contribution >= 4 is 34.8 Å². The van der Waals surface area contributed by atoms with Gasteiger partial charge in [0.25, 0.3) is 5.91 Å². The summed E-state index contributed by atoms with van der Waals surface area (Å²) in [6, 6.07) is 13.0. The number of para-hydroxylation sites is 1. The van der Waals surface area contributed by atoms with Gasteiger partial charge in [-0.2, -0.15) is 0 Å². The largest absolute Gasteiger partial charge is 0.369 e. The monoisotopic (exact) mass is 387 g/mol. The zero-order valence-electron chi connectivity index (χ0n) is 14.6. The number of rotatable bonds is 3. The van der Waals surface area contributed by atoms with Crippen LogP contribution in [0.2, 0.25) is 5.02 Å². The molecule has 2 amide bonds. The molecule has 2 aromatic rings. The predicted molar refractivity (Wildman–Crippen MR) is 103 cm³/mol. The first-order valence-electron chi connectivity index (χ1n) is 8.90. The topological polar surface area (TPSA) is 43.9 Å². The zero-order valence-corrected chi connectivity index (χ0v) is 15.4. The van der Waals surface area contributed by atoms with Gasteiger partial charge >= 0.3 is 0 Å². The van der Waals surface area contributed by atoms with Gasteiger partial charge in [0.15, 0.2) is 0 Å². The molecule has 5 nitrogen and oxygen atoms in total. The molecular formula is C20H19ClFN3O2. The van der Waals surface area contributed by atoms with E-state index < -0.39 is 11.9 Å². The molecule has 140 valence electrons. The normalized spacial score (nSPS) is 21.2. The van der Waals surface area contributed by atoms with Gasteiger partial charge in [-0.15, -0.1) is 0 Å². The van der Waals surface area contributed by atoms with E-state index in [-0.39, 0.29) is 23.9 Å². The molecule has 0 unspecified atom stereocenters. The summed E-state index contributed by atoms with van der Waals surface area (Å²) >= 11 is 6.06. The maximum absolute atomic E-state index is 14.1. The van der Waals surface area contributed by atoms with Crippen molar-refractivity contribution in [1.82, 2.24) is 4.90 Å². The number of hydrogen-bond acceptors (Lipinski definition) is 4. The number of halogens is 2. The van der Waals surface area contributed by atoms with E-state index in [2.05, 4.69) is 4.90 Å². The van der Waals surface area contributed by atoms with Crippen molar-refractivity contribution in [2.75, 3.05) is 36.0 Å². The second-order valence-electron chi connectivity index (χ2n) is 6.74. The number of hydrogen-bond donors (Lipinski definition) is 0. The Morgan fingerprint density at radius 2 is 1.70 bits per heavy atom. The first-order chi connectivity index (χ1) is 13.0. The van der Waals surface area contributed by atoms with Gasteiger partial charge in [0.1, 0.15) is 5.82 Å². The highest BCUT2D eigenvalue weighted by atomic mass is 35.5. The van der Waals surface area contributed by atoms with Crippen LogP contribution in [0.4, 0.5) is 15.8 Å². The first kappa shape index (κ1) is 17.9. The van der Waals surface area contributed by atoms with Gasteiger partial charge in [-0.05, 0) is 30.3 Å². The molecular weight excluding hydrogens is 369 g/mol. The van der Waals surface area contributed by atoms with E-state index in [9.17, 15) is 14.0 Å². The van der Waals surface area contributed by atoms with Crippen LogP contribution >= 0.6 is 11.6 Å². The Kier molecular flexibility index (Phi) is 4.85. The lowest BCUT2D eigenvalue weighted by Crippen LogP contribution is -2.52. The number of carbonyl (C=O) groups excluding carboxylic acids is 2. The minimum atomic E-state index is -0.564. The molecule has 2 aliphatic heterocycles. The van der Waals surface area contributed by atoms with Gasteiger partial charge in [0.2, 0.25) is 5.91 Å². The van der Waals surface area contributed by atoms with Crippen LogP contribution in [0.3, 0.4) is 0 Å². The highest BCUT2D eigenvalue weighted by Crippen LogP contribution is 2.29. The summed E-state index contributed by atoms with van der Waals surface area (Å²) in [4.78, 5) is 30.4. The van der Waals surface area contributed by atoms with Crippen molar-refractivity contribution in [3.8, 4) is 0 Å². The molecule has 0 spiro atoms. The van der Waals surface area contributed by atoms with Gasteiger partial charge in [0, 0.05) is 36.9 Å². The number of imide groups is 1. The van der Waals surface area contributed by atoms with Crippen LogP contribution in [0.15, 0.2) is 48.5 Å². The molecule has 0 saturated carbocycles. The van der Waals surface area contributed by atoms with Crippen LogP contribution < -0.4 is 9.80 Å². The van der Waals surface area contributed by atoms with Crippen molar-refractivity contribution in [2.45, 2.75) is 12.5 Å². The van der Waals surface area contributed by atoms with Gasteiger partial charge in [0.05, 0.1) is 18.2 Å². The fourth-order valence-electron chi connectivity index (χ4n) is 3.75. The second-order valence-corrected chi connectivity index (χ2v) is 7.18. The van der Waals surface area contributed by atoms with Crippen molar-refractivity contribution in [2.24, 2.45) is 0 Å². The Morgan fingerprint density at radius 3 is 2.41 bits per heavy atom. The third kappa shape index (κ3) is 3.42. The fraction of sp³-hybridized carbons (Fsp3) is 0.300. The summed E-state index contributed by atoms with van der Waals surface area (Å²) in [6.45, 7) is 2.78. The smallest absolute Gasteiger partial charge is 0.251 e. The molecule has 0 aromatic heterocycles. The SMILES string of the molecule is O=C1C[C@@H](N2CCN(c3cccc(Cl)c3)CC2)C(=O)N1c1ccccc1F. The van der Waals surface area contributed by atoms with Crippen molar-refractivity contribution < 1.29 is 14.0 Å². The molecule has 1 atom stereocenters. The van der Waals surface area contributed by atoms with Crippen molar-refractivity contribution in [3.63, 3.8) is 0 Å². The van der Waals surface area contributed by atoms with E-state index in [0.717, 1.165) is 23.7 Å². The third-order valence-corrected chi connectivity index (χ3v) is 5.38. The molecule has 2 heterocycles. The Bertz CT molecular complexity index is 883. The molecule has 4 rings (SSSR count). The average molecular weight is 388 g/mol. The minimum Gasteiger partial charge on any atom is -0.369 e. The summed E-state index contributed by atoms with van der Waals surface area (Å²) in [5, 5.41) is 0.687. The quantitative estimate of drug-likeness (QED) is 0.759. The molecule has 0 N–H and O–H groups in total. The van der Waals surface area contributed by atoms with E-state index in [4.69, 9.17) is 11.6 Å². The van der Waals surface area contributed by atoms with E-state index in [1.165, 1.54) is 18.2 Å². The molecule has 7 heteroatoms. The molecule has 0 aliphatic carbocycles.